The number of nitrogens with zero attached hydrogens (tertiary/aromatic N) is 4. The van der Waals surface area contributed by atoms with Crippen molar-refractivity contribution < 1.29 is 9.53 Å². The lowest BCUT2D eigenvalue weighted by molar-refractivity contribution is 0.0937. The first-order valence-corrected chi connectivity index (χ1v) is 5.85. The first-order chi connectivity index (χ1) is 9.22. The summed E-state index contributed by atoms with van der Waals surface area (Å²) in [6, 6.07) is 7.12. The highest BCUT2D eigenvalue weighted by atomic mass is 16.5. The Morgan fingerprint density at radius 2 is 2.32 bits per heavy atom. The summed E-state index contributed by atoms with van der Waals surface area (Å²) in [7, 11) is 1.59. The fraction of sp³-hybridized carbons (Fsp3) is 0.333. The number of benzene rings is 1. The molecule has 7 heteroatoms. The first kappa shape index (κ1) is 13.2. The van der Waals surface area contributed by atoms with Crippen LogP contribution in [0.25, 0.3) is 5.69 Å². The van der Waals surface area contributed by atoms with Crippen molar-refractivity contribution in [1.82, 2.24) is 25.5 Å². The van der Waals surface area contributed by atoms with Crippen LogP contribution in [0.15, 0.2) is 24.3 Å². The van der Waals surface area contributed by atoms with E-state index in [0.29, 0.717) is 24.5 Å². The molecular formula is C12H15N5O2. The molecule has 0 radical (unpaired) electrons. The van der Waals surface area contributed by atoms with Crippen molar-refractivity contribution in [2.45, 2.75) is 6.92 Å². The Bertz CT molecular complexity index is 567. The van der Waals surface area contributed by atoms with E-state index in [4.69, 9.17) is 4.74 Å². The van der Waals surface area contributed by atoms with Gasteiger partial charge in [-0.15, -0.1) is 5.10 Å². The van der Waals surface area contributed by atoms with Crippen molar-refractivity contribution >= 4 is 5.91 Å². The fourth-order valence-corrected chi connectivity index (χ4v) is 1.62. The van der Waals surface area contributed by atoms with E-state index in [1.54, 1.807) is 36.9 Å². The highest BCUT2D eigenvalue weighted by molar-refractivity contribution is 5.94. The van der Waals surface area contributed by atoms with Gasteiger partial charge in [-0.1, -0.05) is 6.07 Å². The minimum absolute atomic E-state index is 0.148. The number of aromatic nitrogens is 4. The van der Waals surface area contributed by atoms with Crippen LogP contribution in [0.3, 0.4) is 0 Å². The number of methoxy groups -OCH3 is 1. The Morgan fingerprint density at radius 1 is 1.47 bits per heavy atom. The topological polar surface area (TPSA) is 81.9 Å². The Labute approximate surface area is 110 Å². The molecule has 1 amide bonds. The van der Waals surface area contributed by atoms with Gasteiger partial charge in [0.2, 0.25) is 0 Å². The summed E-state index contributed by atoms with van der Waals surface area (Å²) in [5.41, 5.74) is 1.31. The number of nitrogens with one attached hydrogen (secondary N) is 1. The van der Waals surface area contributed by atoms with Crippen molar-refractivity contribution in [2.24, 2.45) is 0 Å². The van der Waals surface area contributed by atoms with E-state index in [9.17, 15) is 4.79 Å². The van der Waals surface area contributed by atoms with Gasteiger partial charge in [-0.3, -0.25) is 4.79 Å². The molecule has 0 saturated heterocycles. The van der Waals surface area contributed by atoms with Gasteiger partial charge < -0.3 is 10.1 Å². The molecule has 0 atom stereocenters. The van der Waals surface area contributed by atoms with Gasteiger partial charge in [-0.05, 0) is 35.5 Å². The molecule has 100 valence electrons. The Kier molecular flexibility index (Phi) is 4.19. The average molecular weight is 261 g/mol. The minimum atomic E-state index is -0.148. The number of carbonyl (C=O) groups excluding carboxylic acids is 1. The van der Waals surface area contributed by atoms with Crippen LogP contribution in [0.1, 0.15) is 16.2 Å². The highest BCUT2D eigenvalue weighted by Crippen LogP contribution is 2.10. The lowest BCUT2D eigenvalue weighted by atomic mass is 10.2. The molecule has 2 rings (SSSR count). The molecular weight excluding hydrogens is 246 g/mol. The third-order valence-electron chi connectivity index (χ3n) is 2.57. The van der Waals surface area contributed by atoms with E-state index < -0.39 is 0 Å². The summed E-state index contributed by atoms with van der Waals surface area (Å²) in [6.07, 6.45) is 0. The number of hydrogen-bond donors (Lipinski definition) is 1. The molecule has 0 aliphatic heterocycles. The predicted octanol–water partition coefficient (Wildman–Crippen LogP) is 0.347. The molecule has 0 bridgehead atoms. The predicted molar refractivity (Wildman–Crippen MR) is 68.1 cm³/mol. The third-order valence-corrected chi connectivity index (χ3v) is 2.57. The minimum Gasteiger partial charge on any atom is -0.383 e. The molecule has 2 aromatic rings. The van der Waals surface area contributed by atoms with Gasteiger partial charge >= 0.3 is 0 Å². The second kappa shape index (κ2) is 6.05. The van der Waals surface area contributed by atoms with E-state index in [2.05, 4.69) is 20.8 Å². The standard InChI is InChI=1S/C12H15N5O2/c1-9-14-15-16-17(9)11-5-3-4-10(8-11)12(18)13-6-7-19-2/h3-5,8H,6-7H2,1-2H3,(H,13,18). The van der Waals surface area contributed by atoms with Crippen molar-refractivity contribution in [2.75, 3.05) is 20.3 Å². The van der Waals surface area contributed by atoms with Gasteiger partial charge in [-0.25, -0.2) is 0 Å². The second-order valence-electron chi connectivity index (χ2n) is 3.94. The number of tetrazole rings is 1. The van der Waals surface area contributed by atoms with Gasteiger partial charge in [0, 0.05) is 19.2 Å². The van der Waals surface area contributed by atoms with Crippen molar-refractivity contribution in [1.29, 1.82) is 0 Å². The van der Waals surface area contributed by atoms with Crippen molar-refractivity contribution in [3.63, 3.8) is 0 Å². The SMILES string of the molecule is COCCNC(=O)c1cccc(-n2nnnc2C)c1. The van der Waals surface area contributed by atoms with Crippen LogP contribution in [0.5, 0.6) is 0 Å². The average Bonchev–Trinajstić information content (AvgIpc) is 2.85. The molecule has 19 heavy (non-hydrogen) atoms. The molecule has 1 aromatic carbocycles. The fourth-order valence-electron chi connectivity index (χ4n) is 1.62. The quantitative estimate of drug-likeness (QED) is 0.785. The maximum Gasteiger partial charge on any atom is 0.251 e. The lowest BCUT2D eigenvalue weighted by Crippen LogP contribution is -2.27. The Balaban J connectivity index is 2.16. The van der Waals surface area contributed by atoms with Crippen LogP contribution in [0, 0.1) is 6.92 Å². The van der Waals surface area contributed by atoms with Crippen molar-refractivity contribution in [3.8, 4) is 5.69 Å². The molecule has 1 aromatic heterocycles. The molecule has 0 saturated carbocycles. The molecule has 0 aliphatic carbocycles. The molecule has 0 unspecified atom stereocenters. The summed E-state index contributed by atoms with van der Waals surface area (Å²) in [5.74, 6) is 0.515. The number of carbonyl (C=O) groups is 1. The molecule has 1 heterocycles. The van der Waals surface area contributed by atoms with E-state index in [-0.39, 0.29) is 5.91 Å². The van der Waals surface area contributed by atoms with Gasteiger partial charge in [0.25, 0.3) is 5.91 Å². The summed E-state index contributed by atoms with van der Waals surface area (Å²) < 4.78 is 6.46. The maximum atomic E-state index is 11.9. The van der Waals surface area contributed by atoms with E-state index >= 15 is 0 Å². The van der Waals surface area contributed by atoms with Crippen LogP contribution in [-0.4, -0.2) is 46.4 Å². The molecule has 7 nitrogen and oxygen atoms in total. The highest BCUT2D eigenvalue weighted by Gasteiger charge is 2.08. The van der Waals surface area contributed by atoms with Crippen LogP contribution >= 0.6 is 0 Å². The monoisotopic (exact) mass is 261 g/mol. The van der Waals surface area contributed by atoms with Crippen molar-refractivity contribution in [3.05, 3.63) is 35.7 Å². The number of hydrogen-bond acceptors (Lipinski definition) is 5. The summed E-state index contributed by atoms with van der Waals surface area (Å²) in [4.78, 5) is 11.9. The van der Waals surface area contributed by atoms with Gasteiger partial charge in [0.1, 0.15) is 0 Å². The number of ether oxygens (including phenoxy) is 1. The first-order valence-electron chi connectivity index (χ1n) is 5.85. The largest absolute Gasteiger partial charge is 0.383 e. The van der Waals surface area contributed by atoms with Crippen LogP contribution in [0.2, 0.25) is 0 Å². The number of aryl methyl sites for hydroxylation is 1. The molecule has 0 spiro atoms. The second-order valence-corrected chi connectivity index (χ2v) is 3.94. The Hall–Kier alpha value is -2.28. The molecule has 1 N–H and O–H groups in total. The van der Waals surface area contributed by atoms with Gasteiger partial charge in [-0.2, -0.15) is 4.68 Å². The zero-order valence-electron chi connectivity index (χ0n) is 10.8. The van der Waals surface area contributed by atoms with Gasteiger partial charge in [0.05, 0.1) is 12.3 Å². The van der Waals surface area contributed by atoms with E-state index in [0.717, 1.165) is 5.69 Å². The smallest absolute Gasteiger partial charge is 0.251 e. The van der Waals surface area contributed by atoms with Gasteiger partial charge in [0.15, 0.2) is 5.82 Å². The summed E-state index contributed by atoms with van der Waals surface area (Å²) >= 11 is 0. The summed E-state index contributed by atoms with van der Waals surface area (Å²) in [6.45, 7) is 2.76. The van der Waals surface area contributed by atoms with E-state index in [1.807, 2.05) is 6.07 Å². The normalized spacial score (nSPS) is 10.4. The van der Waals surface area contributed by atoms with Crippen LogP contribution in [0.4, 0.5) is 0 Å². The van der Waals surface area contributed by atoms with E-state index in [1.165, 1.54) is 0 Å². The third kappa shape index (κ3) is 3.14. The maximum absolute atomic E-state index is 11.9. The molecule has 0 aliphatic rings. The molecule has 0 fully saturated rings. The number of amides is 1. The van der Waals surface area contributed by atoms with Crippen LogP contribution < -0.4 is 5.32 Å². The summed E-state index contributed by atoms with van der Waals surface area (Å²) in [5, 5.41) is 14.0. The number of rotatable bonds is 5. The zero-order valence-corrected chi connectivity index (χ0v) is 10.8. The van der Waals surface area contributed by atoms with Crippen LogP contribution in [-0.2, 0) is 4.74 Å². The lowest BCUT2D eigenvalue weighted by Gasteiger charge is -2.06. The Morgan fingerprint density at radius 3 is 3.00 bits per heavy atom. The zero-order chi connectivity index (χ0) is 13.7.